The van der Waals surface area contributed by atoms with Gasteiger partial charge in [0.2, 0.25) is 0 Å². The first-order chi connectivity index (χ1) is 10.2. The number of hydrogen-bond donors (Lipinski definition) is 1. The van der Waals surface area contributed by atoms with Crippen LogP contribution >= 0.6 is 11.6 Å². The van der Waals surface area contributed by atoms with E-state index in [1.807, 2.05) is 0 Å². The number of halogens is 1. The summed E-state index contributed by atoms with van der Waals surface area (Å²) in [5.41, 5.74) is -1.62. The topological polar surface area (TPSA) is 64.6 Å². The van der Waals surface area contributed by atoms with E-state index in [9.17, 15) is 9.59 Å². The van der Waals surface area contributed by atoms with Crippen LogP contribution in [0.4, 0.5) is 4.79 Å². The Labute approximate surface area is 138 Å². The summed E-state index contributed by atoms with van der Waals surface area (Å²) >= 11 is 5.51. The van der Waals surface area contributed by atoms with E-state index >= 15 is 0 Å². The lowest BCUT2D eigenvalue weighted by Crippen LogP contribution is -2.57. The number of carbonyl (C=O) groups excluding carboxylic acids is 2. The summed E-state index contributed by atoms with van der Waals surface area (Å²) in [7, 11) is 0. The predicted octanol–water partition coefficient (Wildman–Crippen LogP) is 3.98. The molecule has 1 fully saturated rings. The summed E-state index contributed by atoms with van der Waals surface area (Å²) < 4.78 is 10.2. The Hall–Kier alpha value is -0.970. The van der Waals surface area contributed by atoms with Gasteiger partial charge in [-0.15, -0.1) is 0 Å². The standard InChI is InChI=1S/C16H28ClNO4/c1-5-6-12-7-9-16(10-8-12,13(19)21-11-17)18-14(20)22-15(2,3)4/h12H,5-11H2,1-4H3,(H,18,20). The molecular weight excluding hydrogens is 306 g/mol. The SMILES string of the molecule is CCCC1CCC(NC(=O)OC(C)(C)C)(C(=O)OCCl)CC1. The molecule has 0 spiro atoms. The van der Waals surface area contributed by atoms with Gasteiger partial charge in [-0.25, -0.2) is 9.59 Å². The third-order valence-corrected chi connectivity index (χ3v) is 4.08. The zero-order valence-corrected chi connectivity index (χ0v) is 14.8. The second-order valence-electron chi connectivity index (χ2n) is 6.98. The van der Waals surface area contributed by atoms with Crippen molar-refractivity contribution < 1.29 is 19.1 Å². The molecule has 5 nitrogen and oxygen atoms in total. The van der Waals surface area contributed by atoms with Gasteiger partial charge in [-0.05, 0) is 52.4 Å². The van der Waals surface area contributed by atoms with Crippen LogP contribution in [0.2, 0.25) is 0 Å². The first-order valence-electron chi connectivity index (χ1n) is 7.97. The Morgan fingerprint density at radius 2 is 1.86 bits per heavy atom. The van der Waals surface area contributed by atoms with E-state index in [2.05, 4.69) is 12.2 Å². The molecule has 128 valence electrons. The van der Waals surface area contributed by atoms with Crippen LogP contribution in [0.1, 0.15) is 66.2 Å². The van der Waals surface area contributed by atoms with Gasteiger partial charge in [0.05, 0.1) is 0 Å². The van der Waals surface area contributed by atoms with Crippen molar-refractivity contribution in [3.05, 3.63) is 0 Å². The summed E-state index contributed by atoms with van der Waals surface area (Å²) in [6, 6.07) is -0.213. The van der Waals surface area contributed by atoms with Crippen LogP contribution in [0.15, 0.2) is 0 Å². The number of nitrogens with one attached hydrogen (secondary N) is 1. The molecule has 0 aromatic rings. The first-order valence-corrected chi connectivity index (χ1v) is 8.50. The average molecular weight is 334 g/mol. The molecule has 1 amide bonds. The Morgan fingerprint density at radius 1 is 1.27 bits per heavy atom. The highest BCUT2D eigenvalue weighted by Crippen LogP contribution is 2.35. The molecule has 0 unspecified atom stereocenters. The van der Waals surface area contributed by atoms with Gasteiger partial charge >= 0.3 is 12.1 Å². The lowest BCUT2D eigenvalue weighted by atomic mass is 9.75. The van der Waals surface area contributed by atoms with Crippen molar-refractivity contribution in [1.29, 1.82) is 0 Å². The quantitative estimate of drug-likeness (QED) is 0.610. The predicted molar refractivity (Wildman–Crippen MR) is 85.8 cm³/mol. The van der Waals surface area contributed by atoms with Crippen molar-refractivity contribution in [2.45, 2.75) is 77.4 Å². The molecule has 1 aliphatic carbocycles. The fourth-order valence-electron chi connectivity index (χ4n) is 2.93. The number of rotatable bonds is 5. The molecular formula is C16H28ClNO4. The third-order valence-electron chi connectivity index (χ3n) is 3.97. The maximum Gasteiger partial charge on any atom is 0.408 e. The van der Waals surface area contributed by atoms with E-state index in [0.717, 1.165) is 25.7 Å². The maximum absolute atomic E-state index is 12.3. The minimum Gasteiger partial charge on any atom is -0.448 e. The molecule has 0 bridgehead atoms. The zero-order valence-electron chi connectivity index (χ0n) is 14.0. The van der Waals surface area contributed by atoms with Crippen molar-refractivity contribution in [3.8, 4) is 0 Å². The van der Waals surface area contributed by atoms with E-state index in [1.165, 1.54) is 0 Å². The summed E-state index contributed by atoms with van der Waals surface area (Å²) in [4.78, 5) is 24.4. The molecule has 0 atom stereocenters. The van der Waals surface area contributed by atoms with Crippen molar-refractivity contribution in [3.63, 3.8) is 0 Å². The number of alkyl carbamates (subject to hydrolysis) is 1. The fraction of sp³-hybridized carbons (Fsp3) is 0.875. The van der Waals surface area contributed by atoms with E-state index in [-0.39, 0.29) is 6.07 Å². The van der Waals surface area contributed by atoms with E-state index < -0.39 is 23.2 Å². The lowest BCUT2D eigenvalue weighted by Gasteiger charge is -2.38. The molecule has 0 radical (unpaired) electrons. The van der Waals surface area contributed by atoms with Crippen LogP contribution in [-0.4, -0.2) is 29.3 Å². The van der Waals surface area contributed by atoms with Crippen molar-refractivity contribution in [2.24, 2.45) is 5.92 Å². The van der Waals surface area contributed by atoms with E-state index in [0.29, 0.717) is 18.8 Å². The molecule has 1 aliphatic rings. The van der Waals surface area contributed by atoms with Gasteiger partial charge in [0, 0.05) is 0 Å². The van der Waals surface area contributed by atoms with Crippen molar-refractivity contribution >= 4 is 23.7 Å². The molecule has 1 N–H and O–H groups in total. The summed E-state index contributed by atoms with van der Waals surface area (Å²) in [5, 5.41) is 2.74. The number of alkyl halides is 1. The van der Waals surface area contributed by atoms with Crippen molar-refractivity contribution in [2.75, 3.05) is 6.07 Å². The van der Waals surface area contributed by atoms with Crippen molar-refractivity contribution in [1.82, 2.24) is 5.32 Å². The Bertz CT molecular complexity index is 384. The maximum atomic E-state index is 12.3. The number of esters is 1. The molecule has 0 aromatic heterocycles. The minimum atomic E-state index is -1.01. The molecule has 1 rings (SSSR count). The highest BCUT2D eigenvalue weighted by Gasteiger charge is 2.45. The normalized spacial score (nSPS) is 25.4. The summed E-state index contributed by atoms with van der Waals surface area (Å²) in [6.45, 7) is 7.51. The van der Waals surface area contributed by atoms with Crippen LogP contribution in [0.5, 0.6) is 0 Å². The van der Waals surface area contributed by atoms with Crippen LogP contribution in [0, 0.1) is 5.92 Å². The summed E-state index contributed by atoms with van der Waals surface area (Å²) in [5.74, 6) is 0.130. The van der Waals surface area contributed by atoms with Gasteiger partial charge in [-0.2, -0.15) is 0 Å². The third kappa shape index (κ3) is 5.67. The van der Waals surface area contributed by atoms with Gasteiger partial charge in [0.1, 0.15) is 11.1 Å². The molecule has 0 saturated heterocycles. The molecule has 0 heterocycles. The second-order valence-corrected chi connectivity index (χ2v) is 7.20. The molecule has 22 heavy (non-hydrogen) atoms. The van der Waals surface area contributed by atoms with Gasteiger partial charge < -0.3 is 14.8 Å². The molecule has 0 aromatic carbocycles. The second kappa shape index (κ2) is 8.04. The highest BCUT2D eigenvalue weighted by molar-refractivity contribution is 6.17. The smallest absolute Gasteiger partial charge is 0.408 e. The Kier molecular flexibility index (Phi) is 6.98. The highest BCUT2D eigenvalue weighted by atomic mass is 35.5. The van der Waals surface area contributed by atoms with Crippen LogP contribution < -0.4 is 5.32 Å². The van der Waals surface area contributed by atoms with E-state index in [4.69, 9.17) is 21.1 Å². The van der Waals surface area contributed by atoms with E-state index in [1.54, 1.807) is 20.8 Å². The Morgan fingerprint density at radius 3 is 2.32 bits per heavy atom. The number of amides is 1. The van der Waals surface area contributed by atoms with Gasteiger partial charge in [-0.3, -0.25) is 0 Å². The van der Waals surface area contributed by atoms with Crippen LogP contribution in [0.25, 0.3) is 0 Å². The first kappa shape index (κ1) is 19.1. The minimum absolute atomic E-state index is 0.213. The fourth-order valence-corrected chi connectivity index (χ4v) is 3.03. The molecule has 1 saturated carbocycles. The average Bonchev–Trinajstić information content (AvgIpc) is 2.39. The summed E-state index contributed by atoms with van der Waals surface area (Å²) in [6.07, 6.45) is 4.59. The van der Waals surface area contributed by atoms with Gasteiger partial charge in [0.15, 0.2) is 6.07 Å². The van der Waals surface area contributed by atoms with Gasteiger partial charge in [-0.1, -0.05) is 31.4 Å². The van der Waals surface area contributed by atoms with Crippen LogP contribution in [0.3, 0.4) is 0 Å². The number of hydrogen-bond acceptors (Lipinski definition) is 4. The largest absolute Gasteiger partial charge is 0.448 e. The Balaban J connectivity index is 2.77. The molecule has 0 aliphatic heterocycles. The number of ether oxygens (including phenoxy) is 2. The van der Waals surface area contributed by atoms with Gasteiger partial charge in [0.25, 0.3) is 0 Å². The lowest BCUT2D eigenvalue weighted by molar-refractivity contribution is -0.151. The molecule has 6 heteroatoms. The van der Waals surface area contributed by atoms with Crippen LogP contribution in [-0.2, 0) is 14.3 Å². The monoisotopic (exact) mass is 333 g/mol. The number of carbonyl (C=O) groups is 2. The zero-order chi connectivity index (χ0) is 16.8.